The van der Waals surface area contributed by atoms with Crippen LogP contribution in [0.3, 0.4) is 0 Å². The fourth-order valence-corrected chi connectivity index (χ4v) is 3.25. The predicted molar refractivity (Wildman–Crippen MR) is 117 cm³/mol. The van der Waals surface area contributed by atoms with Gasteiger partial charge in [0, 0.05) is 44.3 Å². The summed E-state index contributed by atoms with van der Waals surface area (Å²) in [7, 11) is 1.75. The molecule has 0 spiro atoms. The van der Waals surface area contributed by atoms with E-state index in [2.05, 4.69) is 31.8 Å². The van der Waals surface area contributed by atoms with Crippen molar-refractivity contribution in [1.82, 2.24) is 25.4 Å². The Kier molecular flexibility index (Phi) is 5.98. The molecule has 2 aromatic heterocycles. The highest BCUT2D eigenvalue weighted by Crippen LogP contribution is 2.15. The molecular weight excluding hydrogens is 379 g/mol. The first kappa shape index (κ1) is 19.6. The van der Waals surface area contributed by atoms with Crippen molar-refractivity contribution in [3.63, 3.8) is 0 Å². The Morgan fingerprint density at radius 2 is 1.87 bits per heavy atom. The number of halogens is 1. The maximum absolute atomic E-state index is 13.1. The van der Waals surface area contributed by atoms with Gasteiger partial charge in [-0.05, 0) is 48.0 Å². The Bertz CT molecular complexity index is 1140. The zero-order chi connectivity index (χ0) is 20.8. The van der Waals surface area contributed by atoms with Gasteiger partial charge in [0.15, 0.2) is 5.96 Å². The number of nitrogens with zero attached hydrogens (tertiary/aromatic N) is 4. The van der Waals surface area contributed by atoms with Crippen molar-refractivity contribution in [2.24, 2.45) is 4.99 Å². The fourth-order valence-electron chi connectivity index (χ4n) is 3.25. The number of rotatable bonds is 6. The first-order chi connectivity index (χ1) is 14.7. The first-order valence-corrected chi connectivity index (χ1v) is 9.80. The quantitative estimate of drug-likeness (QED) is 0.383. The van der Waals surface area contributed by atoms with E-state index < -0.39 is 0 Å². The Hall–Kier alpha value is -3.74. The Labute approximate surface area is 174 Å². The Balaban J connectivity index is 1.30. The minimum atomic E-state index is -0.256. The molecule has 0 aliphatic rings. The number of nitrogens with one attached hydrogen (secondary N) is 2. The lowest BCUT2D eigenvalue weighted by molar-refractivity contribution is 0.627. The van der Waals surface area contributed by atoms with E-state index in [0.717, 1.165) is 34.7 Å². The lowest BCUT2D eigenvalue weighted by atomic mass is 10.1. The molecule has 0 atom stereocenters. The van der Waals surface area contributed by atoms with E-state index in [1.165, 1.54) is 17.7 Å². The second kappa shape index (κ2) is 9.17. The third kappa shape index (κ3) is 4.63. The van der Waals surface area contributed by atoms with Crippen LogP contribution in [0.15, 0.2) is 78.0 Å². The second-order valence-corrected chi connectivity index (χ2v) is 6.82. The van der Waals surface area contributed by atoms with Crippen LogP contribution in [0.2, 0.25) is 0 Å². The van der Waals surface area contributed by atoms with Crippen molar-refractivity contribution in [1.29, 1.82) is 0 Å². The molecule has 0 saturated heterocycles. The molecule has 0 fully saturated rings. The molecule has 7 heteroatoms. The molecule has 152 valence electrons. The highest BCUT2D eigenvalue weighted by molar-refractivity contribution is 5.83. The maximum atomic E-state index is 13.1. The van der Waals surface area contributed by atoms with Gasteiger partial charge in [-0.1, -0.05) is 18.2 Å². The Morgan fingerprint density at radius 3 is 2.70 bits per heavy atom. The highest BCUT2D eigenvalue weighted by atomic mass is 19.1. The highest BCUT2D eigenvalue weighted by Gasteiger charge is 2.05. The van der Waals surface area contributed by atoms with Gasteiger partial charge in [-0.3, -0.25) is 9.98 Å². The molecule has 0 aliphatic carbocycles. The standard InChI is InChI=1S/C23H23FN6/c1-25-23(28-16-17-10-13-26-22-5-3-2-4-21(17)22)27-14-11-19-12-15-30(29-19)20-8-6-18(24)7-9-20/h2-10,12-13,15H,11,14,16H2,1H3,(H2,25,27,28). The largest absolute Gasteiger partial charge is 0.356 e. The first-order valence-electron chi connectivity index (χ1n) is 9.80. The van der Waals surface area contributed by atoms with Gasteiger partial charge in [-0.15, -0.1) is 0 Å². The number of aromatic nitrogens is 3. The number of aliphatic imine (C=N–C) groups is 1. The monoisotopic (exact) mass is 402 g/mol. The summed E-state index contributed by atoms with van der Waals surface area (Å²) in [6, 6.07) is 18.4. The van der Waals surface area contributed by atoms with Crippen LogP contribution in [-0.4, -0.2) is 34.3 Å². The number of hydrogen-bond acceptors (Lipinski definition) is 3. The summed E-state index contributed by atoms with van der Waals surface area (Å²) < 4.78 is 14.8. The molecule has 30 heavy (non-hydrogen) atoms. The van der Waals surface area contributed by atoms with Gasteiger partial charge in [0.2, 0.25) is 0 Å². The molecular formula is C23H23FN6. The van der Waals surface area contributed by atoms with Crippen molar-refractivity contribution in [2.45, 2.75) is 13.0 Å². The molecule has 6 nitrogen and oxygen atoms in total. The summed E-state index contributed by atoms with van der Waals surface area (Å²) in [4.78, 5) is 8.69. The SMILES string of the molecule is CN=C(NCCc1ccn(-c2ccc(F)cc2)n1)NCc1ccnc2ccccc12. The van der Waals surface area contributed by atoms with Crippen LogP contribution in [0.5, 0.6) is 0 Å². The van der Waals surface area contributed by atoms with Crippen molar-refractivity contribution < 1.29 is 4.39 Å². The van der Waals surface area contributed by atoms with Crippen LogP contribution in [0.4, 0.5) is 4.39 Å². The molecule has 4 aromatic rings. The fraction of sp³-hybridized carbons (Fsp3) is 0.174. The third-order valence-corrected chi connectivity index (χ3v) is 4.82. The molecule has 2 N–H and O–H groups in total. The summed E-state index contributed by atoms with van der Waals surface area (Å²) in [6.45, 7) is 1.35. The smallest absolute Gasteiger partial charge is 0.191 e. The van der Waals surface area contributed by atoms with E-state index in [9.17, 15) is 4.39 Å². The van der Waals surface area contributed by atoms with Gasteiger partial charge >= 0.3 is 0 Å². The van der Waals surface area contributed by atoms with Gasteiger partial charge < -0.3 is 10.6 Å². The van der Waals surface area contributed by atoms with E-state index in [-0.39, 0.29) is 5.82 Å². The van der Waals surface area contributed by atoms with E-state index >= 15 is 0 Å². The molecule has 0 amide bonds. The number of fused-ring (bicyclic) bond motifs is 1. The number of guanidine groups is 1. The van der Waals surface area contributed by atoms with Gasteiger partial charge in [0.25, 0.3) is 0 Å². The summed E-state index contributed by atoms with van der Waals surface area (Å²) in [6.07, 6.45) is 4.45. The minimum absolute atomic E-state index is 0.256. The number of pyridine rings is 1. The summed E-state index contributed by atoms with van der Waals surface area (Å²) in [5, 5.41) is 12.3. The molecule has 0 saturated carbocycles. The lowest BCUT2D eigenvalue weighted by Gasteiger charge is -2.12. The van der Waals surface area contributed by atoms with Gasteiger partial charge in [-0.2, -0.15) is 5.10 Å². The molecule has 0 radical (unpaired) electrons. The van der Waals surface area contributed by atoms with Crippen LogP contribution in [0.25, 0.3) is 16.6 Å². The van der Waals surface area contributed by atoms with Crippen molar-refractivity contribution in [3.05, 3.63) is 90.1 Å². The summed E-state index contributed by atoms with van der Waals surface area (Å²) >= 11 is 0. The van der Waals surface area contributed by atoms with Gasteiger partial charge in [0.1, 0.15) is 5.82 Å². The van der Waals surface area contributed by atoms with Gasteiger partial charge in [-0.25, -0.2) is 9.07 Å². The summed E-state index contributed by atoms with van der Waals surface area (Å²) in [5.41, 5.74) is 3.93. The van der Waals surface area contributed by atoms with Crippen LogP contribution >= 0.6 is 0 Å². The van der Waals surface area contributed by atoms with Crippen molar-refractivity contribution in [3.8, 4) is 5.69 Å². The average molecular weight is 402 g/mol. The van der Waals surface area contributed by atoms with Crippen LogP contribution in [0.1, 0.15) is 11.3 Å². The number of para-hydroxylation sites is 1. The van der Waals surface area contributed by atoms with E-state index in [0.29, 0.717) is 13.1 Å². The molecule has 0 aliphatic heterocycles. The molecule has 2 aromatic carbocycles. The second-order valence-electron chi connectivity index (χ2n) is 6.82. The molecule has 4 rings (SSSR count). The predicted octanol–water partition coefficient (Wildman–Crippen LogP) is 3.47. The van der Waals surface area contributed by atoms with E-state index in [1.807, 2.05) is 42.7 Å². The van der Waals surface area contributed by atoms with Crippen LogP contribution in [0, 0.1) is 5.82 Å². The normalized spacial score (nSPS) is 11.6. The molecule has 0 bridgehead atoms. The number of benzene rings is 2. The molecule has 0 unspecified atom stereocenters. The third-order valence-electron chi connectivity index (χ3n) is 4.82. The van der Waals surface area contributed by atoms with Gasteiger partial charge in [0.05, 0.1) is 16.9 Å². The van der Waals surface area contributed by atoms with E-state index in [4.69, 9.17) is 0 Å². The average Bonchev–Trinajstić information content (AvgIpc) is 3.25. The minimum Gasteiger partial charge on any atom is -0.356 e. The Morgan fingerprint density at radius 1 is 1.03 bits per heavy atom. The van der Waals surface area contributed by atoms with Crippen molar-refractivity contribution in [2.75, 3.05) is 13.6 Å². The van der Waals surface area contributed by atoms with E-state index in [1.54, 1.807) is 23.9 Å². The lowest BCUT2D eigenvalue weighted by Crippen LogP contribution is -2.37. The summed E-state index contributed by atoms with van der Waals surface area (Å²) in [5.74, 6) is 0.475. The molecule has 2 heterocycles. The number of hydrogen-bond donors (Lipinski definition) is 2. The topological polar surface area (TPSA) is 67.1 Å². The maximum Gasteiger partial charge on any atom is 0.191 e. The zero-order valence-corrected chi connectivity index (χ0v) is 16.7. The van der Waals surface area contributed by atoms with Crippen LogP contribution < -0.4 is 10.6 Å². The van der Waals surface area contributed by atoms with Crippen LogP contribution in [-0.2, 0) is 13.0 Å². The zero-order valence-electron chi connectivity index (χ0n) is 16.7. The van der Waals surface area contributed by atoms with Crippen molar-refractivity contribution >= 4 is 16.9 Å².